The number of rotatable bonds is 4. The average molecular weight is 438 g/mol. The third kappa shape index (κ3) is 4.41. The highest BCUT2D eigenvalue weighted by atomic mass is 16.6. The summed E-state index contributed by atoms with van der Waals surface area (Å²) in [5.74, 6) is -0.809. The van der Waals surface area contributed by atoms with Gasteiger partial charge in [-0.05, 0) is 56.4 Å². The molecule has 1 unspecified atom stereocenters. The van der Waals surface area contributed by atoms with Gasteiger partial charge in [-0.1, -0.05) is 43.5 Å². The van der Waals surface area contributed by atoms with Crippen molar-refractivity contribution in [1.29, 1.82) is 0 Å². The van der Waals surface area contributed by atoms with E-state index in [1.165, 1.54) is 18.6 Å². The summed E-state index contributed by atoms with van der Waals surface area (Å²) in [7, 11) is 0. The third-order valence-electron chi connectivity index (χ3n) is 7.01. The van der Waals surface area contributed by atoms with Crippen molar-refractivity contribution in [3.05, 3.63) is 62.2 Å². The number of Topliss-reactive ketones (excluding diaryl/α,β-unsaturated/α-hetero) is 1. The van der Waals surface area contributed by atoms with Crippen LogP contribution in [0.25, 0.3) is 0 Å². The van der Waals surface area contributed by atoms with Gasteiger partial charge in [-0.3, -0.25) is 14.9 Å². The summed E-state index contributed by atoms with van der Waals surface area (Å²) in [6.45, 7) is 6.15. The van der Waals surface area contributed by atoms with E-state index in [-0.39, 0.29) is 29.0 Å². The molecule has 3 aliphatic rings. The van der Waals surface area contributed by atoms with E-state index < -0.39 is 10.8 Å². The summed E-state index contributed by atoms with van der Waals surface area (Å²) in [6, 6.07) is 6.24. The second kappa shape index (κ2) is 8.64. The van der Waals surface area contributed by atoms with Gasteiger partial charge in [0.25, 0.3) is 5.69 Å². The van der Waals surface area contributed by atoms with Gasteiger partial charge in [-0.2, -0.15) is 0 Å². The van der Waals surface area contributed by atoms with Gasteiger partial charge < -0.3 is 4.74 Å². The number of ether oxygens (including phenoxy) is 1. The highest BCUT2D eigenvalue weighted by molar-refractivity contribution is 6.04. The standard InChI is InChI=1S/C26H31NO5/c1-16-13-18-14-26(2,3)15-21(28)23(18)24(17-9-11-19(12-10-17)27(30)31)22(16)25(29)32-20-7-5-4-6-8-20/h9-12,20,24H,4-8,13-15H2,1-3H3. The average Bonchev–Trinajstić information content (AvgIpc) is 2.72. The number of nitrogens with zero attached hydrogens (tertiary/aromatic N) is 1. The first-order chi connectivity index (χ1) is 15.2. The van der Waals surface area contributed by atoms with Gasteiger partial charge in [0, 0.05) is 35.6 Å². The molecule has 3 aliphatic carbocycles. The van der Waals surface area contributed by atoms with Crippen LogP contribution in [0.2, 0.25) is 0 Å². The van der Waals surface area contributed by atoms with Crippen molar-refractivity contribution in [3.63, 3.8) is 0 Å². The van der Waals surface area contributed by atoms with Crippen molar-refractivity contribution < 1.29 is 19.2 Å². The molecule has 0 aromatic heterocycles. The first kappa shape index (κ1) is 22.4. The molecule has 0 bridgehead atoms. The van der Waals surface area contributed by atoms with E-state index in [1.54, 1.807) is 12.1 Å². The largest absolute Gasteiger partial charge is 0.459 e. The normalized spacial score (nSPS) is 23.7. The monoisotopic (exact) mass is 437 g/mol. The summed E-state index contributed by atoms with van der Waals surface area (Å²) in [4.78, 5) is 37.5. The Hall–Kier alpha value is -2.76. The zero-order valence-corrected chi connectivity index (χ0v) is 19.1. The van der Waals surface area contributed by atoms with Crippen molar-refractivity contribution >= 4 is 17.4 Å². The Balaban J connectivity index is 1.76. The first-order valence-electron chi connectivity index (χ1n) is 11.6. The SMILES string of the molecule is CC1=C(C(=O)OC2CCCCC2)C(c2ccc([N+](=O)[O-])cc2)C2=C(C1)CC(C)(C)CC2=O. The van der Waals surface area contributed by atoms with E-state index in [2.05, 4.69) is 13.8 Å². The van der Waals surface area contributed by atoms with Gasteiger partial charge in [0.2, 0.25) is 0 Å². The topological polar surface area (TPSA) is 86.5 Å². The number of carbonyl (C=O) groups is 2. The zero-order valence-electron chi connectivity index (χ0n) is 19.1. The Morgan fingerprint density at radius 2 is 1.75 bits per heavy atom. The second-order valence-electron chi connectivity index (χ2n) is 10.3. The van der Waals surface area contributed by atoms with Crippen LogP contribution in [0, 0.1) is 15.5 Å². The quantitative estimate of drug-likeness (QED) is 0.329. The summed E-state index contributed by atoms with van der Waals surface area (Å²) in [6.07, 6.45) is 6.80. The highest BCUT2D eigenvalue weighted by Crippen LogP contribution is 2.50. The van der Waals surface area contributed by atoms with Crippen LogP contribution in [0.5, 0.6) is 0 Å². The maximum Gasteiger partial charge on any atom is 0.335 e. The molecule has 4 rings (SSSR count). The number of non-ortho nitro benzene ring substituents is 1. The van der Waals surface area contributed by atoms with Gasteiger partial charge in [0.15, 0.2) is 5.78 Å². The molecule has 0 spiro atoms. The molecule has 1 saturated carbocycles. The lowest BCUT2D eigenvalue weighted by atomic mass is 9.64. The molecular weight excluding hydrogens is 406 g/mol. The Bertz CT molecular complexity index is 1010. The van der Waals surface area contributed by atoms with E-state index in [0.717, 1.165) is 48.8 Å². The van der Waals surface area contributed by atoms with E-state index in [0.29, 0.717) is 24.0 Å². The van der Waals surface area contributed by atoms with Crippen LogP contribution in [0.1, 0.15) is 83.6 Å². The molecule has 6 heteroatoms. The molecule has 6 nitrogen and oxygen atoms in total. The molecule has 1 aromatic carbocycles. The summed E-state index contributed by atoms with van der Waals surface area (Å²) in [5, 5.41) is 11.1. The molecule has 0 aliphatic heterocycles. The minimum absolute atomic E-state index is 0.0121. The predicted molar refractivity (Wildman–Crippen MR) is 121 cm³/mol. The fraction of sp³-hybridized carbons (Fsp3) is 0.538. The van der Waals surface area contributed by atoms with Crippen LogP contribution in [0.4, 0.5) is 5.69 Å². The Morgan fingerprint density at radius 1 is 1.09 bits per heavy atom. The first-order valence-corrected chi connectivity index (χ1v) is 11.6. The minimum atomic E-state index is -0.528. The lowest BCUT2D eigenvalue weighted by molar-refractivity contribution is -0.384. The predicted octanol–water partition coefficient (Wildman–Crippen LogP) is 5.96. The van der Waals surface area contributed by atoms with Crippen LogP contribution < -0.4 is 0 Å². The minimum Gasteiger partial charge on any atom is -0.459 e. The molecule has 1 atom stereocenters. The molecule has 1 fully saturated rings. The molecular formula is C26H31NO5. The van der Waals surface area contributed by atoms with E-state index in [1.807, 2.05) is 6.92 Å². The lowest BCUT2D eigenvalue weighted by Gasteiger charge is -2.39. The molecule has 32 heavy (non-hydrogen) atoms. The zero-order chi connectivity index (χ0) is 23.0. The van der Waals surface area contributed by atoms with Crippen molar-refractivity contribution in [2.45, 2.75) is 84.2 Å². The van der Waals surface area contributed by atoms with Crippen LogP contribution >= 0.6 is 0 Å². The summed E-state index contributed by atoms with van der Waals surface area (Å²) >= 11 is 0. The Kier molecular flexibility index (Phi) is 6.06. The van der Waals surface area contributed by atoms with Crippen LogP contribution in [-0.2, 0) is 14.3 Å². The molecule has 0 heterocycles. The molecule has 0 saturated heterocycles. The maximum atomic E-state index is 13.4. The van der Waals surface area contributed by atoms with Gasteiger partial charge >= 0.3 is 5.97 Å². The van der Waals surface area contributed by atoms with Gasteiger partial charge in [-0.15, -0.1) is 0 Å². The highest BCUT2D eigenvalue weighted by Gasteiger charge is 2.43. The molecule has 1 aromatic rings. The molecule has 0 radical (unpaired) electrons. The number of hydrogen-bond donors (Lipinski definition) is 0. The smallest absolute Gasteiger partial charge is 0.335 e. The van der Waals surface area contributed by atoms with Crippen LogP contribution in [0.3, 0.4) is 0 Å². The van der Waals surface area contributed by atoms with E-state index in [9.17, 15) is 19.7 Å². The number of allylic oxidation sites excluding steroid dienone is 3. The van der Waals surface area contributed by atoms with Gasteiger partial charge in [0.1, 0.15) is 6.10 Å². The Labute approximate surface area is 188 Å². The van der Waals surface area contributed by atoms with Crippen molar-refractivity contribution in [1.82, 2.24) is 0 Å². The van der Waals surface area contributed by atoms with Crippen molar-refractivity contribution in [2.75, 3.05) is 0 Å². The van der Waals surface area contributed by atoms with Crippen molar-refractivity contribution in [2.24, 2.45) is 5.41 Å². The number of nitro groups is 1. The lowest BCUT2D eigenvalue weighted by Crippen LogP contribution is -2.34. The molecule has 170 valence electrons. The molecule has 0 N–H and O–H groups in total. The van der Waals surface area contributed by atoms with Crippen LogP contribution in [-0.4, -0.2) is 22.8 Å². The van der Waals surface area contributed by atoms with E-state index >= 15 is 0 Å². The fourth-order valence-electron chi connectivity index (χ4n) is 5.60. The number of ketones is 1. The number of nitro benzene ring substituents is 1. The van der Waals surface area contributed by atoms with E-state index in [4.69, 9.17) is 4.74 Å². The fourth-order valence-corrected chi connectivity index (χ4v) is 5.60. The van der Waals surface area contributed by atoms with Crippen molar-refractivity contribution in [3.8, 4) is 0 Å². The Morgan fingerprint density at radius 3 is 2.38 bits per heavy atom. The summed E-state index contributed by atoms with van der Waals surface area (Å²) < 4.78 is 5.93. The number of benzene rings is 1. The van der Waals surface area contributed by atoms with Gasteiger partial charge in [-0.25, -0.2) is 4.79 Å². The second-order valence-corrected chi connectivity index (χ2v) is 10.3. The number of hydrogen-bond acceptors (Lipinski definition) is 5. The number of carbonyl (C=O) groups excluding carboxylic acids is 2. The molecule has 0 amide bonds. The summed E-state index contributed by atoms with van der Waals surface area (Å²) in [5.41, 5.74) is 3.85. The van der Waals surface area contributed by atoms with Crippen LogP contribution in [0.15, 0.2) is 46.6 Å². The van der Waals surface area contributed by atoms with Gasteiger partial charge in [0.05, 0.1) is 4.92 Å². The maximum absolute atomic E-state index is 13.4. The third-order valence-corrected chi connectivity index (χ3v) is 7.01. The number of esters is 1.